The van der Waals surface area contributed by atoms with E-state index in [4.69, 9.17) is 9.47 Å². The maximum atomic E-state index is 10.8. The minimum absolute atomic E-state index is 0.0196. The molecule has 0 radical (unpaired) electrons. The Bertz CT molecular complexity index is 1780. The third kappa shape index (κ3) is 6.90. The van der Waals surface area contributed by atoms with Crippen molar-refractivity contribution in [1.82, 2.24) is 0 Å². The van der Waals surface area contributed by atoms with Gasteiger partial charge in [0.05, 0.1) is 27.4 Å². The first-order valence-electron chi connectivity index (χ1n) is 19.7. The van der Waals surface area contributed by atoms with Crippen molar-refractivity contribution < 1.29 is 40.1 Å². The van der Waals surface area contributed by atoms with Crippen LogP contribution in [0.3, 0.4) is 0 Å². The number of ether oxygens (including phenoxy) is 2. The fraction of sp³-hybridized carbons (Fsp3) is 0.489. The Morgan fingerprint density at radius 1 is 0.509 bits per heavy atom. The second kappa shape index (κ2) is 15.3. The van der Waals surface area contributed by atoms with E-state index in [2.05, 4.69) is 26.0 Å². The number of phenolic OH excluding ortho intramolecular Hbond substituents is 2. The number of hydrogen-bond donors (Lipinski definition) is 6. The van der Waals surface area contributed by atoms with Crippen LogP contribution in [0.15, 0.2) is 48.5 Å². The van der Waals surface area contributed by atoms with Crippen LogP contribution in [0.1, 0.15) is 121 Å². The Balaban J connectivity index is 1.33. The van der Waals surface area contributed by atoms with Gasteiger partial charge in [0.1, 0.15) is 11.5 Å². The van der Waals surface area contributed by atoms with Crippen LogP contribution < -0.4 is 9.47 Å². The molecule has 6 rings (SSSR count). The molecule has 0 heterocycles. The first-order chi connectivity index (χ1) is 26.1. The fourth-order valence-corrected chi connectivity index (χ4v) is 10.4. The molecule has 4 aromatic carbocycles. The van der Waals surface area contributed by atoms with Crippen molar-refractivity contribution in [2.24, 2.45) is 17.3 Å². The van der Waals surface area contributed by atoms with E-state index < -0.39 is 5.41 Å². The SMILES string of the molecule is COc1cc(C2(c3cc(C)c(O)c(OC)c3)CCC(C(C)(C)C3CCC(c4cc(C)c(O)c(CO)c4)(c4cc(C)c(O)c(CO)c4)CC3)CC2)cc(C)c1O. The van der Waals surface area contributed by atoms with Crippen molar-refractivity contribution in [3.8, 4) is 34.5 Å². The number of aliphatic hydroxyl groups excluding tert-OH is 2. The average molecular weight is 753 g/mol. The van der Waals surface area contributed by atoms with E-state index in [-0.39, 0.29) is 47.0 Å². The molecule has 55 heavy (non-hydrogen) atoms. The number of rotatable bonds is 10. The van der Waals surface area contributed by atoms with Crippen molar-refractivity contribution in [1.29, 1.82) is 0 Å². The first-order valence-corrected chi connectivity index (χ1v) is 19.7. The Kier molecular flexibility index (Phi) is 11.2. The average Bonchev–Trinajstić information content (AvgIpc) is 3.18. The predicted octanol–water partition coefficient (Wildman–Crippen LogP) is 9.42. The van der Waals surface area contributed by atoms with Crippen LogP contribution in [0.4, 0.5) is 0 Å². The summed E-state index contributed by atoms with van der Waals surface area (Å²) in [5, 5.41) is 63.5. The highest BCUT2D eigenvalue weighted by molar-refractivity contribution is 5.57. The summed E-state index contributed by atoms with van der Waals surface area (Å²) < 4.78 is 11.3. The number of phenols is 4. The highest BCUT2D eigenvalue weighted by atomic mass is 16.5. The zero-order chi connectivity index (χ0) is 40.0. The standard InChI is InChI=1S/C47H60O8/c1-27-17-35(21-31(25-48)41(27)50)46(36-18-28(2)42(51)32(22-36)26-49)13-9-33(10-14-46)45(5,6)34-11-15-47(16-12-34,37-19-29(3)43(52)39(23-37)54-7)38-20-30(4)44(53)40(24-38)55-8/h17-24,33-34,48-53H,9-16,25-26H2,1-8H3. The summed E-state index contributed by atoms with van der Waals surface area (Å²) in [6.07, 6.45) is 7.39. The van der Waals surface area contributed by atoms with Crippen LogP contribution in [0, 0.1) is 44.9 Å². The second-order valence-electron chi connectivity index (χ2n) is 17.1. The van der Waals surface area contributed by atoms with Gasteiger partial charge in [0, 0.05) is 22.0 Å². The lowest BCUT2D eigenvalue weighted by atomic mass is 9.53. The summed E-state index contributed by atoms with van der Waals surface area (Å²) in [6, 6.07) is 16.1. The van der Waals surface area contributed by atoms with E-state index in [0.717, 1.165) is 95.9 Å². The van der Waals surface area contributed by atoms with Gasteiger partial charge < -0.3 is 40.1 Å². The normalized spacial score (nSPS) is 17.6. The van der Waals surface area contributed by atoms with Gasteiger partial charge in [0.15, 0.2) is 23.0 Å². The van der Waals surface area contributed by atoms with E-state index >= 15 is 0 Å². The van der Waals surface area contributed by atoms with Crippen LogP contribution in [-0.2, 0) is 24.0 Å². The molecule has 2 aliphatic rings. The maximum absolute atomic E-state index is 10.8. The lowest BCUT2D eigenvalue weighted by Crippen LogP contribution is -2.43. The zero-order valence-corrected chi connectivity index (χ0v) is 33.8. The molecule has 0 unspecified atom stereocenters. The Labute approximate surface area is 326 Å². The molecule has 0 bridgehead atoms. The highest BCUT2D eigenvalue weighted by Crippen LogP contribution is 2.58. The summed E-state index contributed by atoms with van der Waals surface area (Å²) >= 11 is 0. The van der Waals surface area contributed by atoms with Crippen LogP contribution in [0.2, 0.25) is 0 Å². The minimum Gasteiger partial charge on any atom is -0.507 e. The van der Waals surface area contributed by atoms with Crippen LogP contribution in [-0.4, -0.2) is 44.9 Å². The molecule has 0 aromatic heterocycles. The molecule has 2 saturated carbocycles. The number of aliphatic hydroxyl groups is 2. The van der Waals surface area contributed by atoms with Gasteiger partial charge in [-0.25, -0.2) is 0 Å². The quantitative estimate of drug-likeness (QED) is 0.0942. The van der Waals surface area contributed by atoms with Crippen molar-refractivity contribution in [3.05, 3.63) is 104 Å². The molecule has 2 aliphatic carbocycles. The van der Waals surface area contributed by atoms with E-state index in [1.54, 1.807) is 14.2 Å². The number of aromatic hydroxyl groups is 4. The number of hydrogen-bond acceptors (Lipinski definition) is 8. The van der Waals surface area contributed by atoms with E-state index in [0.29, 0.717) is 34.5 Å². The lowest BCUT2D eigenvalue weighted by Gasteiger charge is -2.52. The number of benzene rings is 4. The Hall–Kier alpha value is -4.40. The van der Waals surface area contributed by atoms with Gasteiger partial charge in [-0.1, -0.05) is 38.1 Å². The number of aryl methyl sites for hydroxylation is 4. The van der Waals surface area contributed by atoms with E-state index in [1.165, 1.54) is 0 Å². The van der Waals surface area contributed by atoms with Gasteiger partial charge in [-0.05, 0) is 165 Å². The van der Waals surface area contributed by atoms with Gasteiger partial charge >= 0.3 is 0 Å². The van der Waals surface area contributed by atoms with Gasteiger partial charge in [0.2, 0.25) is 0 Å². The molecular formula is C47H60O8. The van der Waals surface area contributed by atoms with E-state index in [9.17, 15) is 30.6 Å². The summed E-state index contributed by atoms with van der Waals surface area (Å²) in [5.74, 6) is 2.32. The molecular weight excluding hydrogens is 693 g/mol. The number of methoxy groups -OCH3 is 2. The topological polar surface area (TPSA) is 140 Å². The molecule has 0 atom stereocenters. The van der Waals surface area contributed by atoms with Crippen LogP contribution >= 0.6 is 0 Å². The van der Waals surface area contributed by atoms with Crippen molar-refractivity contribution in [2.75, 3.05) is 14.2 Å². The van der Waals surface area contributed by atoms with Gasteiger partial charge in [0.25, 0.3) is 0 Å². The maximum Gasteiger partial charge on any atom is 0.161 e. The molecule has 0 aliphatic heterocycles. The summed E-state index contributed by atoms with van der Waals surface area (Å²) in [6.45, 7) is 11.9. The fourth-order valence-electron chi connectivity index (χ4n) is 10.4. The first kappa shape index (κ1) is 40.3. The predicted molar refractivity (Wildman–Crippen MR) is 216 cm³/mol. The monoisotopic (exact) mass is 752 g/mol. The van der Waals surface area contributed by atoms with E-state index in [1.807, 2.05) is 64.1 Å². The van der Waals surface area contributed by atoms with Crippen LogP contribution in [0.25, 0.3) is 0 Å². The molecule has 0 spiro atoms. The minimum atomic E-state index is -0.426. The molecule has 6 N–H and O–H groups in total. The molecule has 8 nitrogen and oxygen atoms in total. The Morgan fingerprint density at radius 3 is 1.09 bits per heavy atom. The highest BCUT2D eigenvalue weighted by Gasteiger charge is 2.49. The van der Waals surface area contributed by atoms with Gasteiger partial charge in [-0.3, -0.25) is 0 Å². The molecule has 296 valence electrons. The van der Waals surface area contributed by atoms with Crippen molar-refractivity contribution in [2.45, 2.75) is 117 Å². The smallest absolute Gasteiger partial charge is 0.161 e. The summed E-state index contributed by atoms with van der Waals surface area (Å²) in [4.78, 5) is 0. The van der Waals surface area contributed by atoms with Gasteiger partial charge in [-0.15, -0.1) is 0 Å². The molecule has 4 aromatic rings. The molecule has 2 fully saturated rings. The third-order valence-corrected chi connectivity index (χ3v) is 14.1. The molecule has 0 saturated heterocycles. The van der Waals surface area contributed by atoms with Crippen molar-refractivity contribution in [3.63, 3.8) is 0 Å². The molecule has 0 amide bonds. The summed E-state index contributed by atoms with van der Waals surface area (Å²) in [7, 11) is 3.17. The largest absolute Gasteiger partial charge is 0.507 e. The van der Waals surface area contributed by atoms with Crippen LogP contribution in [0.5, 0.6) is 34.5 Å². The molecule has 8 heteroatoms. The summed E-state index contributed by atoms with van der Waals surface area (Å²) in [5.41, 5.74) is 7.42. The Morgan fingerprint density at radius 2 is 0.800 bits per heavy atom. The second-order valence-corrected chi connectivity index (χ2v) is 17.1. The van der Waals surface area contributed by atoms with Gasteiger partial charge in [-0.2, -0.15) is 0 Å². The lowest BCUT2D eigenvalue weighted by molar-refractivity contribution is 0.0363. The zero-order valence-electron chi connectivity index (χ0n) is 33.8. The van der Waals surface area contributed by atoms with Crippen molar-refractivity contribution >= 4 is 0 Å². The third-order valence-electron chi connectivity index (χ3n) is 14.1.